The van der Waals surface area contributed by atoms with Crippen LogP contribution in [0.1, 0.15) is 17.3 Å². The van der Waals surface area contributed by atoms with Crippen LogP contribution >= 0.6 is 0 Å². The van der Waals surface area contributed by atoms with Crippen molar-refractivity contribution in [3.8, 4) is 0 Å². The van der Waals surface area contributed by atoms with E-state index in [0.29, 0.717) is 5.56 Å². The molecule has 1 aromatic rings. The summed E-state index contributed by atoms with van der Waals surface area (Å²) in [7, 11) is 0. The first kappa shape index (κ1) is 13.1. The molecule has 1 atom stereocenters. The fourth-order valence-corrected chi connectivity index (χ4v) is 2.14. The SMILES string of the molecule is C[C@@H](C[NH+]1CCOCC1)OC(=O)c1ccccc1. The van der Waals surface area contributed by atoms with Crippen molar-refractivity contribution >= 4 is 5.97 Å². The van der Waals surface area contributed by atoms with Gasteiger partial charge in [-0.2, -0.15) is 0 Å². The van der Waals surface area contributed by atoms with Crippen molar-refractivity contribution in [2.24, 2.45) is 0 Å². The molecule has 1 aliphatic heterocycles. The predicted octanol–water partition coefficient (Wildman–Crippen LogP) is 0.147. The summed E-state index contributed by atoms with van der Waals surface area (Å²) < 4.78 is 10.7. The lowest BCUT2D eigenvalue weighted by Gasteiger charge is -2.26. The molecule has 18 heavy (non-hydrogen) atoms. The number of esters is 1. The van der Waals surface area contributed by atoms with Crippen molar-refractivity contribution in [3.05, 3.63) is 35.9 Å². The van der Waals surface area contributed by atoms with Crippen molar-refractivity contribution in [3.63, 3.8) is 0 Å². The van der Waals surface area contributed by atoms with E-state index < -0.39 is 0 Å². The van der Waals surface area contributed by atoms with Crippen LogP contribution in [0.3, 0.4) is 0 Å². The topological polar surface area (TPSA) is 40.0 Å². The van der Waals surface area contributed by atoms with Crippen LogP contribution in [-0.4, -0.2) is 44.9 Å². The molecule has 4 heteroatoms. The summed E-state index contributed by atoms with van der Waals surface area (Å²) in [6, 6.07) is 9.12. The Balaban J connectivity index is 1.80. The molecule has 1 N–H and O–H groups in total. The van der Waals surface area contributed by atoms with Gasteiger partial charge in [0.05, 0.1) is 18.8 Å². The van der Waals surface area contributed by atoms with E-state index in [0.717, 1.165) is 32.8 Å². The average molecular weight is 250 g/mol. The first-order chi connectivity index (χ1) is 8.75. The first-order valence-electron chi connectivity index (χ1n) is 6.43. The van der Waals surface area contributed by atoms with E-state index in [1.54, 1.807) is 12.1 Å². The highest BCUT2D eigenvalue weighted by Gasteiger charge is 2.19. The van der Waals surface area contributed by atoms with Crippen molar-refractivity contribution in [2.75, 3.05) is 32.8 Å². The third-order valence-corrected chi connectivity index (χ3v) is 3.09. The number of carbonyl (C=O) groups is 1. The molecule has 1 fully saturated rings. The van der Waals surface area contributed by atoms with Gasteiger partial charge in [-0.15, -0.1) is 0 Å². The fourth-order valence-electron chi connectivity index (χ4n) is 2.14. The van der Waals surface area contributed by atoms with Gasteiger partial charge in [0.25, 0.3) is 0 Å². The molecule has 0 radical (unpaired) electrons. The summed E-state index contributed by atoms with van der Waals surface area (Å²) in [5, 5.41) is 0. The Morgan fingerprint density at radius 3 is 2.67 bits per heavy atom. The van der Waals surface area contributed by atoms with Crippen LogP contribution in [0.2, 0.25) is 0 Å². The summed E-state index contributed by atoms with van der Waals surface area (Å²) in [5.74, 6) is -0.240. The zero-order valence-electron chi connectivity index (χ0n) is 10.7. The quantitative estimate of drug-likeness (QED) is 0.773. The Hall–Kier alpha value is -1.39. The van der Waals surface area contributed by atoms with Gasteiger partial charge in [0.1, 0.15) is 25.7 Å². The largest absolute Gasteiger partial charge is 0.453 e. The molecule has 1 saturated heterocycles. The lowest BCUT2D eigenvalue weighted by Crippen LogP contribution is -3.15. The predicted molar refractivity (Wildman–Crippen MR) is 67.7 cm³/mol. The van der Waals surface area contributed by atoms with E-state index in [2.05, 4.69) is 0 Å². The molecule has 0 aromatic heterocycles. The molecule has 0 saturated carbocycles. The second-order valence-electron chi connectivity index (χ2n) is 4.65. The van der Waals surface area contributed by atoms with Crippen LogP contribution in [0, 0.1) is 0 Å². The highest BCUT2D eigenvalue weighted by atomic mass is 16.5. The zero-order chi connectivity index (χ0) is 12.8. The van der Waals surface area contributed by atoms with Crippen LogP contribution in [0.25, 0.3) is 0 Å². The number of rotatable bonds is 4. The summed E-state index contributed by atoms with van der Waals surface area (Å²) >= 11 is 0. The molecule has 0 aliphatic carbocycles. The third-order valence-electron chi connectivity index (χ3n) is 3.09. The molecule has 1 aliphatic rings. The van der Waals surface area contributed by atoms with E-state index >= 15 is 0 Å². The minimum atomic E-state index is -0.240. The molecule has 0 amide bonds. The molecular formula is C14H20NO3+. The van der Waals surface area contributed by atoms with Gasteiger partial charge in [-0.05, 0) is 19.1 Å². The number of hydrogen-bond donors (Lipinski definition) is 1. The second kappa shape index (κ2) is 6.52. The summed E-state index contributed by atoms with van der Waals surface area (Å²) in [5.41, 5.74) is 0.612. The van der Waals surface area contributed by atoms with Gasteiger partial charge in [0.2, 0.25) is 0 Å². The number of morpholine rings is 1. The zero-order valence-corrected chi connectivity index (χ0v) is 10.7. The van der Waals surface area contributed by atoms with Gasteiger partial charge in [0.15, 0.2) is 0 Å². The van der Waals surface area contributed by atoms with Crippen LogP contribution in [0.5, 0.6) is 0 Å². The van der Waals surface area contributed by atoms with Gasteiger partial charge >= 0.3 is 5.97 Å². The Labute approximate surface area is 107 Å². The highest BCUT2D eigenvalue weighted by Crippen LogP contribution is 2.02. The highest BCUT2D eigenvalue weighted by molar-refractivity contribution is 5.89. The van der Waals surface area contributed by atoms with Gasteiger partial charge in [-0.1, -0.05) is 18.2 Å². The van der Waals surface area contributed by atoms with E-state index in [1.165, 1.54) is 4.90 Å². The number of benzene rings is 1. The van der Waals surface area contributed by atoms with E-state index in [9.17, 15) is 4.79 Å². The van der Waals surface area contributed by atoms with E-state index in [-0.39, 0.29) is 12.1 Å². The monoisotopic (exact) mass is 250 g/mol. The molecular weight excluding hydrogens is 230 g/mol. The number of hydrogen-bond acceptors (Lipinski definition) is 3. The number of nitrogens with one attached hydrogen (secondary N) is 1. The normalized spacial score (nSPS) is 18.3. The Morgan fingerprint density at radius 1 is 1.33 bits per heavy atom. The van der Waals surface area contributed by atoms with Gasteiger partial charge in [-0.25, -0.2) is 4.79 Å². The minimum Gasteiger partial charge on any atom is -0.453 e. The molecule has 4 nitrogen and oxygen atoms in total. The molecule has 98 valence electrons. The Morgan fingerprint density at radius 2 is 2.00 bits per heavy atom. The fraction of sp³-hybridized carbons (Fsp3) is 0.500. The molecule has 1 aromatic carbocycles. The van der Waals surface area contributed by atoms with Crippen LogP contribution in [0.4, 0.5) is 0 Å². The lowest BCUT2D eigenvalue weighted by molar-refractivity contribution is -0.910. The van der Waals surface area contributed by atoms with Crippen LogP contribution < -0.4 is 4.90 Å². The first-order valence-corrected chi connectivity index (χ1v) is 6.43. The molecule has 0 spiro atoms. The maximum Gasteiger partial charge on any atom is 0.338 e. The standard InChI is InChI=1S/C14H19NO3/c1-12(11-15-7-9-17-10-8-15)18-14(16)13-5-3-2-4-6-13/h2-6,12H,7-11H2,1H3/p+1/t12-/m0/s1. The molecule has 0 unspecified atom stereocenters. The molecule has 1 heterocycles. The number of quaternary nitrogens is 1. The number of ether oxygens (including phenoxy) is 2. The minimum absolute atomic E-state index is 0.0641. The summed E-state index contributed by atoms with van der Waals surface area (Å²) in [6.45, 7) is 6.38. The van der Waals surface area contributed by atoms with Gasteiger partial charge in [-0.3, -0.25) is 0 Å². The Kier molecular flexibility index (Phi) is 4.73. The second-order valence-corrected chi connectivity index (χ2v) is 4.65. The Bertz CT molecular complexity index is 374. The van der Waals surface area contributed by atoms with Crippen molar-refractivity contribution in [1.82, 2.24) is 0 Å². The average Bonchev–Trinajstić information content (AvgIpc) is 2.40. The molecule has 2 rings (SSSR count). The maximum atomic E-state index is 11.8. The van der Waals surface area contributed by atoms with Crippen LogP contribution in [-0.2, 0) is 9.47 Å². The summed E-state index contributed by atoms with van der Waals surface area (Å²) in [4.78, 5) is 13.3. The molecule has 0 bridgehead atoms. The third kappa shape index (κ3) is 3.82. The van der Waals surface area contributed by atoms with Crippen LogP contribution in [0.15, 0.2) is 30.3 Å². The van der Waals surface area contributed by atoms with Crippen molar-refractivity contribution in [2.45, 2.75) is 13.0 Å². The maximum absolute atomic E-state index is 11.8. The van der Waals surface area contributed by atoms with Gasteiger partial charge in [0, 0.05) is 0 Å². The van der Waals surface area contributed by atoms with Crippen molar-refractivity contribution in [1.29, 1.82) is 0 Å². The van der Waals surface area contributed by atoms with Gasteiger partial charge < -0.3 is 14.4 Å². The van der Waals surface area contributed by atoms with E-state index in [4.69, 9.17) is 9.47 Å². The van der Waals surface area contributed by atoms with E-state index in [1.807, 2.05) is 25.1 Å². The van der Waals surface area contributed by atoms with Crippen molar-refractivity contribution < 1.29 is 19.2 Å². The smallest absolute Gasteiger partial charge is 0.338 e. The lowest BCUT2D eigenvalue weighted by atomic mass is 10.2. The summed E-state index contributed by atoms with van der Waals surface area (Å²) in [6.07, 6.45) is -0.0641. The number of carbonyl (C=O) groups excluding carboxylic acids is 1.